The van der Waals surface area contributed by atoms with E-state index < -0.39 is 28.2 Å². The number of ether oxygens (including phenoxy) is 1. The zero-order chi connectivity index (χ0) is 25.7. The maximum Gasteiger partial charge on any atom is 0.375 e. The number of piperazine rings is 1. The Labute approximate surface area is 213 Å². The molecule has 0 aliphatic carbocycles. The van der Waals surface area contributed by atoms with Crippen LogP contribution < -0.4 is 25.7 Å². The van der Waals surface area contributed by atoms with Gasteiger partial charge in [0, 0.05) is 58.4 Å². The van der Waals surface area contributed by atoms with E-state index in [1.54, 1.807) is 19.3 Å². The van der Waals surface area contributed by atoms with Gasteiger partial charge < -0.3 is 20.7 Å². The Balaban J connectivity index is 1.68. The van der Waals surface area contributed by atoms with Gasteiger partial charge in [0.25, 0.3) is 0 Å². The van der Waals surface area contributed by atoms with Crippen LogP contribution in [-0.4, -0.2) is 88.0 Å². The van der Waals surface area contributed by atoms with Crippen molar-refractivity contribution in [3.63, 3.8) is 0 Å². The molecule has 0 spiro atoms. The van der Waals surface area contributed by atoms with Crippen LogP contribution in [0.2, 0.25) is 0 Å². The molecule has 2 aliphatic rings. The third-order valence-electron chi connectivity index (χ3n) is 6.01. The number of hydrogen-bond donors (Lipinski definition) is 3. The second-order valence-electron chi connectivity index (χ2n) is 8.88. The minimum atomic E-state index is -0.883. The summed E-state index contributed by atoms with van der Waals surface area (Å²) in [5.41, 5.74) is 6.02. The van der Waals surface area contributed by atoms with Gasteiger partial charge in [0.2, 0.25) is 11.9 Å². The van der Waals surface area contributed by atoms with E-state index in [9.17, 15) is 9.59 Å². The minimum absolute atomic E-state index is 0.303. The van der Waals surface area contributed by atoms with Gasteiger partial charge in [-0.05, 0) is 47.6 Å². The highest BCUT2D eigenvalue weighted by atomic mass is 32.2. The van der Waals surface area contributed by atoms with Crippen molar-refractivity contribution in [2.24, 2.45) is 5.73 Å². The fourth-order valence-electron chi connectivity index (χ4n) is 4.26. The van der Waals surface area contributed by atoms with Crippen molar-refractivity contribution < 1.29 is 14.3 Å². The minimum Gasteiger partial charge on any atom is -0.457 e. The molecule has 2 aromatic rings. The van der Waals surface area contributed by atoms with Crippen LogP contribution >= 0.6 is 10.7 Å². The molecule has 1 amide bonds. The van der Waals surface area contributed by atoms with E-state index in [4.69, 9.17) is 15.5 Å². The molecule has 4 N–H and O–H groups in total. The summed E-state index contributed by atoms with van der Waals surface area (Å²) < 4.78 is 8.51. The second-order valence-corrected chi connectivity index (χ2v) is 10.4. The highest BCUT2D eigenvalue weighted by molar-refractivity contribution is 8.26. The molecule has 4 heterocycles. The molecule has 3 atom stereocenters. The van der Waals surface area contributed by atoms with Crippen molar-refractivity contribution in [1.82, 2.24) is 30.0 Å². The summed E-state index contributed by atoms with van der Waals surface area (Å²) in [6, 6.07) is 5.25. The number of nitrogens with zero attached hydrogens (tertiary/aromatic N) is 6. The maximum atomic E-state index is 12.5. The van der Waals surface area contributed by atoms with Crippen LogP contribution in [0.1, 0.15) is 19.4 Å². The summed E-state index contributed by atoms with van der Waals surface area (Å²) >= 11 is 0. The normalized spacial score (nSPS) is 24.1. The monoisotopic (exact) mass is 515 g/mol. The highest BCUT2D eigenvalue weighted by Gasteiger charge is 2.43. The van der Waals surface area contributed by atoms with Gasteiger partial charge in [-0.15, -0.1) is 0 Å². The van der Waals surface area contributed by atoms with E-state index in [1.165, 1.54) is 0 Å². The summed E-state index contributed by atoms with van der Waals surface area (Å²) in [4.78, 5) is 40.2. The van der Waals surface area contributed by atoms with Crippen LogP contribution in [0.15, 0.2) is 36.8 Å². The van der Waals surface area contributed by atoms with Crippen molar-refractivity contribution in [3.8, 4) is 0 Å². The first-order chi connectivity index (χ1) is 17.3. The van der Waals surface area contributed by atoms with E-state index in [0.29, 0.717) is 45.3 Å². The van der Waals surface area contributed by atoms with Gasteiger partial charge in [-0.1, -0.05) is 6.07 Å². The molecular formula is C23H33N9O3S. The van der Waals surface area contributed by atoms with Crippen molar-refractivity contribution in [1.29, 1.82) is 0 Å². The number of amides is 1. The number of carbonyl (C=O) groups is 2. The summed E-state index contributed by atoms with van der Waals surface area (Å²) in [6.07, 6.45) is 5.29. The average Bonchev–Trinajstić information content (AvgIpc) is 3.28. The van der Waals surface area contributed by atoms with Crippen LogP contribution in [0.5, 0.6) is 0 Å². The first-order valence-electron chi connectivity index (χ1n) is 11.8. The van der Waals surface area contributed by atoms with Crippen LogP contribution in [0.4, 0.5) is 16.6 Å². The standard InChI is InChI=1S/C23H33N9O3S/c1-4-35-22(34)36-16-23(2,15-28-36)32(31-11-10-26-18(14-31)20(24)33)21-27-9-7-19(29-21)30(3)13-17-6-5-8-25-12-17/h5-9,12,16,18,26,28H,4,10-11,13-15H2,1-3H3,(H2,24,33). The lowest BCUT2D eigenvalue weighted by Gasteiger charge is -2.47. The molecule has 12 nitrogen and oxygen atoms in total. The molecule has 4 rings (SSSR count). The molecule has 13 heteroatoms. The third-order valence-corrected chi connectivity index (χ3v) is 7.69. The smallest absolute Gasteiger partial charge is 0.375 e. The summed E-state index contributed by atoms with van der Waals surface area (Å²) in [7, 11) is 1.08. The van der Waals surface area contributed by atoms with Gasteiger partial charge in [-0.2, -0.15) is 4.98 Å². The van der Waals surface area contributed by atoms with E-state index in [0.717, 1.165) is 11.4 Å². The number of carbonyl (C=O) groups excluding carboxylic acids is 2. The first-order valence-corrected chi connectivity index (χ1v) is 13.1. The summed E-state index contributed by atoms with van der Waals surface area (Å²) in [6.45, 7) is 6.74. The molecule has 2 aromatic heterocycles. The summed E-state index contributed by atoms with van der Waals surface area (Å²) in [5, 5.41) is 8.81. The lowest BCUT2D eigenvalue weighted by atomic mass is 10.1. The van der Waals surface area contributed by atoms with Crippen LogP contribution in [-0.2, 0) is 16.1 Å². The number of rotatable bonds is 8. The SMILES string of the molecule is CCOC(=O)S1=CC(C)(N(c2nccc(N(C)Cc3cccnc3)n2)N2CCNC(C(N)=O)C2)CN1. The Morgan fingerprint density at radius 1 is 1.36 bits per heavy atom. The lowest BCUT2D eigenvalue weighted by Crippen LogP contribution is -2.67. The fourth-order valence-corrected chi connectivity index (χ4v) is 5.94. The summed E-state index contributed by atoms with van der Waals surface area (Å²) in [5.74, 6) is 0.774. The predicted molar refractivity (Wildman–Crippen MR) is 140 cm³/mol. The number of nitrogens with one attached hydrogen (secondary N) is 2. The molecular weight excluding hydrogens is 482 g/mol. The number of hydrogen-bond acceptors (Lipinski definition) is 11. The molecule has 2 aliphatic heterocycles. The Bertz CT molecular complexity index is 1120. The molecule has 1 fully saturated rings. The number of pyridine rings is 1. The van der Waals surface area contributed by atoms with E-state index >= 15 is 0 Å². The highest BCUT2D eigenvalue weighted by Crippen LogP contribution is 2.31. The molecule has 3 unspecified atom stereocenters. The fraction of sp³-hybridized carbons (Fsp3) is 0.478. The Kier molecular flexibility index (Phi) is 8.14. The van der Waals surface area contributed by atoms with Crippen LogP contribution in [0.25, 0.3) is 0 Å². The van der Waals surface area contributed by atoms with Crippen LogP contribution in [0.3, 0.4) is 0 Å². The lowest BCUT2D eigenvalue weighted by molar-refractivity contribution is -0.121. The Morgan fingerprint density at radius 2 is 2.19 bits per heavy atom. The van der Waals surface area contributed by atoms with E-state index in [-0.39, 0.29) is 5.30 Å². The zero-order valence-corrected chi connectivity index (χ0v) is 21.6. The third kappa shape index (κ3) is 5.81. The van der Waals surface area contributed by atoms with Crippen molar-refractivity contribution >= 4 is 39.0 Å². The number of hydrazine groups is 1. The average molecular weight is 516 g/mol. The number of aromatic nitrogens is 3. The van der Waals surface area contributed by atoms with Gasteiger partial charge >= 0.3 is 5.30 Å². The topological polar surface area (TPSA) is 142 Å². The zero-order valence-electron chi connectivity index (χ0n) is 20.8. The van der Waals surface area contributed by atoms with Crippen molar-refractivity contribution in [3.05, 3.63) is 42.4 Å². The van der Waals surface area contributed by atoms with Crippen molar-refractivity contribution in [2.45, 2.75) is 32.0 Å². The molecule has 0 radical (unpaired) electrons. The van der Waals surface area contributed by atoms with Gasteiger partial charge in [-0.3, -0.25) is 19.5 Å². The van der Waals surface area contributed by atoms with Gasteiger partial charge in [-0.25, -0.2) is 14.8 Å². The first kappa shape index (κ1) is 25.9. The Morgan fingerprint density at radius 3 is 2.92 bits per heavy atom. The molecule has 194 valence electrons. The largest absolute Gasteiger partial charge is 0.457 e. The molecule has 0 saturated carbocycles. The molecule has 0 bridgehead atoms. The molecule has 1 saturated heterocycles. The quantitative estimate of drug-likeness (QED) is 0.334. The van der Waals surface area contributed by atoms with Gasteiger partial charge in [0.15, 0.2) is 0 Å². The Hall–Kier alpha value is -3.13. The second kappa shape index (κ2) is 11.3. The van der Waals surface area contributed by atoms with Crippen LogP contribution in [0, 0.1) is 0 Å². The number of anilines is 2. The molecule has 36 heavy (non-hydrogen) atoms. The maximum absolute atomic E-state index is 12.5. The predicted octanol–water partition coefficient (Wildman–Crippen LogP) is 0.493. The van der Waals surface area contributed by atoms with Gasteiger partial charge in [0.05, 0.1) is 12.1 Å². The van der Waals surface area contributed by atoms with E-state index in [1.807, 2.05) is 58.7 Å². The number of primary amides is 1. The van der Waals surface area contributed by atoms with Crippen molar-refractivity contribution in [2.75, 3.05) is 49.7 Å². The van der Waals surface area contributed by atoms with Gasteiger partial charge in [0.1, 0.15) is 11.9 Å². The number of nitrogens with two attached hydrogens (primary N) is 1. The molecule has 0 aromatic carbocycles. The van der Waals surface area contributed by atoms with E-state index in [2.05, 4.69) is 20.0 Å².